The molecule has 1 unspecified atom stereocenters. The molecule has 10 aromatic rings. The number of nitrogens with zero attached hydrogens (tertiary/aromatic N) is 3. The van der Waals surface area contributed by atoms with Crippen molar-refractivity contribution in [3.05, 3.63) is 163 Å². The molecule has 1 N–H and O–H groups in total. The minimum atomic E-state index is 0.108. The molecule has 0 aliphatic carbocycles. The quantitative estimate of drug-likeness (QED) is 0.208. The Morgan fingerprint density at radius 1 is 0.551 bits per heavy atom. The first kappa shape index (κ1) is 26.9. The monoisotopic (exact) mass is 644 g/mol. The molecule has 4 aromatic heterocycles. The summed E-state index contributed by atoms with van der Waals surface area (Å²) in [4.78, 5) is 5.38. The van der Waals surface area contributed by atoms with Gasteiger partial charge in [-0.1, -0.05) is 109 Å². The number of benzene rings is 6. The summed E-state index contributed by atoms with van der Waals surface area (Å²) in [5.74, 6) is 0.904. The van der Waals surface area contributed by atoms with Crippen LogP contribution >= 0.6 is 11.3 Å². The van der Waals surface area contributed by atoms with Gasteiger partial charge in [-0.25, -0.2) is 4.98 Å². The van der Waals surface area contributed by atoms with E-state index in [-0.39, 0.29) is 6.04 Å². The maximum absolute atomic E-state index is 5.38. The first-order valence-electron chi connectivity index (χ1n) is 16.7. The third-order valence-corrected chi connectivity index (χ3v) is 11.3. The molecule has 0 saturated heterocycles. The zero-order valence-corrected chi connectivity index (χ0v) is 27.2. The number of anilines is 1. The molecule has 1 atom stereocenters. The summed E-state index contributed by atoms with van der Waals surface area (Å²) in [6, 6.07) is 52.5. The van der Waals surface area contributed by atoms with E-state index in [1.54, 1.807) is 0 Å². The summed E-state index contributed by atoms with van der Waals surface area (Å²) in [6.45, 7) is 0. The number of thiophene rings is 1. The van der Waals surface area contributed by atoms with Crippen molar-refractivity contribution < 1.29 is 0 Å². The number of aromatic nitrogens is 3. The fourth-order valence-electron chi connectivity index (χ4n) is 8.06. The van der Waals surface area contributed by atoms with Crippen molar-refractivity contribution in [3.8, 4) is 11.5 Å². The molecule has 4 nitrogen and oxygen atoms in total. The van der Waals surface area contributed by atoms with Crippen LogP contribution in [0.3, 0.4) is 0 Å². The van der Waals surface area contributed by atoms with Crippen LogP contribution in [0.2, 0.25) is 0 Å². The van der Waals surface area contributed by atoms with Gasteiger partial charge in [0, 0.05) is 47.4 Å². The van der Waals surface area contributed by atoms with Gasteiger partial charge in [-0.2, -0.15) is 0 Å². The molecule has 1 aliphatic heterocycles. The van der Waals surface area contributed by atoms with Gasteiger partial charge in [0.25, 0.3) is 0 Å². The Kier molecular flexibility index (Phi) is 5.57. The van der Waals surface area contributed by atoms with Gasteiger partial charge in [0.15, 0.2) is 0 Å². The number of pyridine rings is 1. The highest BCUT2D eigenvalue weighted by Crippen LogP contribution is 2.51. The van der Waals surface area contributed by atoms with Crippen LogP contribution in [0, 0.1) is 0 Å². The first-order valence-corrected chi connectivity index (χ1v) is 17.5. The van der Waals surface area contributed by atoms with Crippen molar-refractivity contribution in [1.82, 2.24) is 14.1 Å². The zero-order chi connectivity index (χ0) is 32.1. The van der Waals surface area contributed by atoms with Crippen molar-refractivity contribution in [2.45, 2.75) is 6.04 Å². The molecule has 5 heteroatoms. The van der Waals surface area contributed by atoms with Crippen LogP contribution in [0.25, 0.3) is 81.4 Å². The molecule has 0 spiro atoms. The predicted octanol–water partition coefficient (Wildman–Crippen LogP) is 11.8. The van der Waals surface area contributed by atoms with E-state index in [0.717, 1.165) is 28.4 Å². The highest BCUT2D eigenvalue weighted by Gasteiger charge is 2.27. The SMILES string of the molecule is C1=CC(c2ccccc2)Nc2ccc(-n3c4ccccc4c4c5sc6ccccc6c5c5c6ccccc6n(-c6ccccc6)c5c43)nc21. The standard InChI is InChI=1S/C44H28N4S/c1-3-13-27(14-4-1)32-23-24-34-33(45-32)25-26-38(46-34)48-36-21-11-8-18-30(36)41-43(48)42-39(40-31-19-9-12-22-37(31)49-44(40)41)29-17-7-10-20-35(29)47(42)28-15-5-2-6-16-28/h1-26,32,45H. The zero-order valence-electron chi connectivity index (χ0n) is 26.3. The van der Waals surface area contributed by atoms with Gasteiger partial charge in [-0.05, 0) is 54.1 Å². The van der Waals surface area contributed by atoms with Crippen LogP contribution in [-0.2, 0) is 0 Å². The number of nitrogens with one attached hydrogen (secondary N) is 1. The average Bonchev–Trinajstić information content (AvgIpc) is 3.83. The molecule has 6 aromatic carbocycles. The van der Waals surface area contributed by atoms with E-state index < -0.39 is 0 Å². The maximum atomic E-state index is 5.38. The average molecular weight is 645 g/mol. The van der Waals surface area contributed by atoms with E-state index in [9.17, 15) is 0 Å². The maximum Gasteiger partial charge on any atom is 0.138 e. The highest BCUT2D eigenvalue weighted by molar-refractivity contribution is 7.27. The van der Waals surface area contributed by atoms with Gasteiger partial charge in [0.05, 0.1) is 39.5 Å². The second kappa shape index (κ2) is 10.2. The molecular weight excluding hydrogens is 617 g/mol. The molecular formula is C44H28N4S. The molecule has 0 fully saturated rings. The van der Waals surface area contributed by atoms with Gasteiger partial charge < -0.3 is 9.88 Å². The van der Waals surface area contributed by atoms with Gasteiger partial charge in [-0.15, -0.1) is 11.3 Å². The molecule has 0 bridgehead atoms. The molecule has 1 aliphatic rings. The lowest BCUT2D eigenvalue weighted by atomic mass is 10.0. The summed E-state index contributed by atoms with van der Waals surface area (Å²) < 4.78 is 7.50. The summed E-state index contributed by atoms with van der Waals surface area (Å²) in [7, 11) is 0. The van der Waals surface area contributed by atoms with Crippen molar-refractivity contribution in [2.24, 2.45) is 0 Å². The van der Waals surface area contributed by atoms with Crippen molar-refractivity contribution in [2.75, 3.05) is 5.32 Å². The number of para-hydroxylation sites is 3. The molecule has 49 heavy (non-hydrogen) atoms. The van der Waals surface area contributed by atoms with Crippen molar-refractivity contribution >= 4 is 86.9 Å². The minimum Gasteiger partial charge on any atom is -0.373 e. The second-order valence-electron chi connectivity index (χ2n) is 12.8. The third kappa shape index (κ3) is 3.76. The summed E-state index contributed by atoms with van der Waals surface area (Å²) in [6.07, 6.45) is 4.38. The van der Waals surface area contributed by atoms with Crippen molar-refractivity contribution in [3.63, 3.8) is 0 Å². The molecule has 11 rings (SSSR count). The van der Waals surface area contributed by atoms with Crippen LogP contribution < -0.4 is 5.32 Å². The largest absolute Gasteiger partial charge is 0.373 e. The Morgan fingerprint density at radius 2 is 1.18 bits per heavy atom. The van der Waals surface area contributed by atoms with Gasteiger partial charge >= 0.3 is 0 Å². The lowest BCUT2D eigenvalue weighted by Gasteiger charge is -2.23. The number of hydrogen-bond acceptors (Lipinski definition) is 3. The minimum absolute atomic E-state index is 0.108. The molecule has 5 heterocycles. The van der Waals surface area contributed by atoms with Crippen LogP contribution in [0.5, 0.6) is 0 Å². The number of rotatable bonds is 3. The molecule has 230 valence electrons. The molecule has 0 radical (unpaired) electrons. The summed E-state index contributed by atoms with van der Waals surface area (Å²) >= 11 is 1.90. The summed E-state index contributed by atoms with van der Waals surface area (Å²) in [5, 5.41) is 11.4. The molecule has 0 saturated carbocycles. The van der Waals surface area contributed by atoms with E-state index in [2.05, 4.69) is 172 Å². The first-order chi connectivity index (χ1) is 24.3. The lowest BCUT2D eigenvalue weighted by molar-refractivity contribution is 0.963. The Bertz CT molecular complexity index is 2960. The van der Waals surface area contributed by atoms with Crippen molar-refractivity contribution in [1.29, 1.82) is 0 Å². The fourth-order valence-corrected chi connectivity index (χ4v) is 9.33. The Balaban J connectivity index is 1.31. The smallest absolute Gasteiger partial charge is 0.138 e. The van der Waals surface area contributed by atoms with Gasteiger partial charge in [0.1, 0.15) is 5.82 Å². The Labute approximate surface area is 285 Å². The van der Waals surface area contributed by atoms with Crippen LogP contribution in [-0.4, -0.2) is 14.1 Å². The third-order valence-electron chi connectivity index (χ3n) is 10.1. The Hall–Kier alpha value is -6.17. The van der Waals surface area contributed by atoms with E-state index >= 15 is 0 Å². The number of fused-ring (bicyclic) bond motifs is 13. The number of hydrogen-bond donors (Lipinski definition) is 1. The van der Waals surface area contributed by atoms with Crippen LogP contribution in [0.4, 0.5) is 5.69 Å². The van der Waals surface area contributed by atoms with Crippen LogP contribution in [0.15, 0.2) is 152 Å². The van der Waals surface area contributed by atoms with Crippen LogP contribution in [0.1, 0.15) is 17.3 Å². The van der Waals surface area contributed by atoms with E-state index in [0.29, 0.717) is 0 Å². The van der Waals surface area contributed by atoms with E-state index in [4.69, 9.17) is 4.98 Å². The van der Waals surface area contributed by atoms with Gasteiger partial charge in [-0.3, -0.25) is 4.57 Å². The predicted molar refractivity (Wildman–Crippen MR) is 208 cm³/mol. The fraction of sp³-hybridized carbons (Fsp3) is 0.0227. The Morgan fingerprint density at radius 3 is 1.98 bits per heavy atom. The van der Waals surface area contributed by atoms with Gasteiger partial charge in [0.2, 0.25) is 0 Å². The molecule has 0 amide bonds. The highest BCUT2D eigenvalue weighted by atomic mass is 32.1. The second-order valence-corrected chi connectivity index (χ2v) is 13.8. The topological polar surface area (TPSA) is 34.8 Å². The lowest BCUT2D eigenvalue weighted by Crippen LogP contribution is -2.13. The summed E-state index contributed by atoms with van der Waals surface area (Å²) in [5.41, 5.74) is 9.08. The van der Waals surface area contributed by atoms with E-state index in [1.165, 1.54) is 63.8 Å². The normalized spacial score (nSPS) is 14.4. The van der Waals surface area contributed by atoms with E-state index in [1.807, 2.05) is 11.3 Å².